The predicted molar refractivity (Wildman–Crippen MR) is 116 cm³/mol. The smallest absolute Gasteiger partial charge is 0.254 e. The van der Waals surface area contributed by atoms with Crippen LogP contribution in [-0.2, 0) is 14.8 Å². The summed E-state index contributed by atoms with van der Waals surface area (Å²) in [7, 11) is -3.67. The second-order valence-corrected chi connectivity index (χ2v) is 11.5. The molecule has 1 N–H and O–H groups in total. The fraction of sp³-hybridized carbons (Fsp3) is 0.526. The minimum absolute atomic E-state index is 0.0926. The molecule has 2 saturated heterocycles. The summed E-state index contributed by atoms with van der Waals surface area (Å²) in [5.41, 5.74) is 0.443. The van der Waals surface area contributed by atoms with Crippen molar-refractivity contribution in [2.75, 3.05) is 31.5 Å². The summed E-state index contributed by atoms with van der Waals surface area (Å²) in [6, 6.07) is 1.50. The van der Waals surface area contributed by atoms with Gasteiger partial charge in [-0.05, 0) is 38.2 Å². The van der Waals surface area contributed by atoms with Gasteiger partial charge in [0.05, 0.1) is 5.56 Å². The van der Waals surface area contributed by atoms with Gasteiger partial charge in [-0.2, -0.15) is 4.31 Å². The summed E-state index contributed by atoms with van der Waals surface area (Å²) in [5, 5.41) is 6.76. The molecular weight excluding hydrogens is 444 g/mol. The average Bonchev–Trinajstić information content (AvgIpc) is 3.46. The molecule has 0 bridgehead atoms. The highest BCUT2D eigenvalue weighted by Crippen LogP contribution is 2.29. The van der Waals surface area contributed by atoms with Gasteiger partial charge in [-0.25, -0.2) is 13.4 Å². The largest absolute Gasteiger partial charge is 0.339 e. The lowest BCUT2D eigenvalue weighted by Gasteiger charge is -2.30. The third-order valence-corrected chi connectivity index (χ3v) is 9.55. The molecule has 2 fully saturated rings. The summed E-state index contributed by atoms with van der Waals surface area (Å²) in [6.45, 7) is 2.03. The Hall–Kier alpha value is -1.82. The van der Waals surface area contributed by atoms with E-state index in [1.165, 1.54) is 21.7 Å². The van der Waals surface area contributed by atoms with E-state index in [9.17, 15) is 18.0 Å². The standard InChI is InChI=1S/C19H24N4O4S3/c24-17(21-19-20-6-11-28-19)14-4-9-23(10-5-14)30(26,27)16-12-15(13-29-16)18(25)22-7-2-1-3-8-22/h6,11-14H,1-5,7-10H2,(H,20,21,24). The molecule has 0 aliphatic carbocycles. The van der Waals surface area contributed by atoms with Gasteiger partial charge in [-0.1, -0.05) is 0 Å². The number of hydrogen-bond acceptors (Lipinski definition) is 7. The van der Waals surface area contributed by atoms with Gasteiger partial charge < -0.3 is 10.2 Å². The van der Waals surface area contributed by atoms with Crippen LogP contribution in [0.2, 0.25) is 0 Å². The first-order valence-corrected chi connectivity index (χ1v) is 13.2. The molecule has 4 rings (SSSR count). The van der Waals surface area contributed by atoms with E-state index in [-0.39, 0.29) is 35.0 Å². The fourth-order valence-electron chi connectivity index (χ4n) is 3.82. The quantitative estimate of drug-likeness (QED) is 0.727. The van der Waals surface area contributed by atoms with Crippen LogP contribution in [0.1, 0.15) is 42.5 Å². The number of aromatic nitrogens is 1. The molecule has 0 aromatic carbocycles. The molecule has 0 radical (unpaired) electrons. The van der Waals surface area contributed by atoms with Crippen molar-refractivity contribution < 1.29 is 18.0 Å². The highest BCUT2D eigenvalue weighted by molar-refractivity contribution is 7.91. The summed E-state index contributed by atoms with van der Waals surface area (Å²) >= 11 is 2.44. The summed E-state index contributed by atoms with van der Waals surface area (Å²) in [6.07, 6.45) is 5.66. The van der Waals surface area contributed by atoms with Crippen molar-refractivity contribution >= 4 is 49.6 Å². The molecule has 2 amide bonds. The maximum Gasteiger partial charge on any atom is 0.254 e. The minimum Gasteiger partial charge on any atom is -0.339 e. The highest BCUT2D eigenvalue weighted by atomic mass is 32.2. The Labute approximate surface area is 184 Å². The first-order valence-electron chi connectivity index (χ1n) is 10.0. The zero-order valence-corrected chi connectivity index (χ0v) is 18.9. The van der Waals surface area contributed by atoms with E-state index in [1.807, 2.05) is 0 Å². The number of sulfonamides is 1. The molecule has 0 spiro atoms. The SMILES string of the molecule is O=C(Nc1nccs1)C1CCN(S(=O)(=O)c2cc(C(=O)N3CCCCC3)cs2)CC1. The highest BCUT2D eigenvalue weighted by Gasteiger charge is 2.33. The number of carbonyl (C=O) groups is 2. The number of carbonyl (C=O) groups excluding carboxylic acids is 2. The van der Waals surface area contributed by atoms with Crippen molar-refractivity contribution in [1.29, 1.82) is 0 Å². The van der Waals surface area contributed by atoms with E-state index in [4.69, 9.17) is 0 Å². The second kappa shape index (κ2) is 9.13. The Morgan fingerprint density at radius 1 is 1.07 bits per heavy atom. The van der Waals surface area contributed by atoms with E-state index in [0.717, 1.165) is 43.7 Å². The maximum atomic E-state index is 13.0. The molecule has 2 aliphatic rings. The molecule has 11 heteroatoms. The van der Waals surface area contributed by atoms with E-state index in [1.54, 1.807) is 21.9 Å². The zero-order chi connectivity index (χ0) is 21.1. The van der Waals surface area contributed by atoms with E-state index >= 15 is 0 Å². The monoisotopic (exact) mass is 468 g/mol. The number of nitrogens with zero attached hydrogens (tertiary/aromatic N) is 3. The normalized spacial score (nSPS) is 19.0. The van der Waals surface area contributed by atoms with Gasteiger partial charge in [0.2, 0.25) is 5.91 Å². The minimum atomic E-state index is -3.67. The number of nitrogens with one attached hydrogen (secondary N) is 1. The molecule has 162 valence electrons. The molecule has 2 aliphatic heterocycles. The number of rotatable bonds is 5. The van der Waals surface area contributed by atoms with Crippen LogP contribution < -0.4 is 5.32 Å². The first kappa shape index (κ1) is 21.4. The molecule has 0 saturated carbocycles. The van der Waals surface area contributed by atoms with Crippen LogP contribution in [0.4, 0.5) is 5.13 Å². The molecule has 0 unspecified atom stereocenters. The van der Waals surface area contributed by atoms with Crippen LogP contribution in [0.3, 0.4) is 0 Å². The van der Waals surface area contributed by atoms with Crippen molar-refractivity contribution in [2.45, 2.75) is 36.3 Å². The van der Waals surface area contributed by atoms with Crippen molar-refractivity contribution in [2.24, 2.45) is 5.92 Å². The Kier molecular flexibility index (Phi) is 6.51. The lowest BCUT2D eigenvalue weighted by Crippen LogP contribution is -2.41. The number of hydrogen-bond donors (Lipinski definition) is 1. The van der Waals surface area contributed by atoms with Crippen LogP contribution in [0.5, 0.6) is 0 Å². The number of likely N-dealkylation sites (tertiary alicyclic amines) is 1. The Bertz CT molecular complexity index is 989. The number of thiazole rings is 1. The van der Waals surface area contributed by atoms with Crippen molar-refractivity contribution in [3.63, 3.8) is 0 Å². The van der Waals surface area contributed by atoms with Crippen molar-refractivity contribution in [3.05, 3.63) is 28.6 Å². The third kappa shape index (κ3) is 4.58. The molecule has 2 aromatic heterocycles. The van der Waals surface area contributed by atoms with Gasteiger partial charge in [0.15, 0.2) is 5.13 Å². The molecular formula is C19H24N4O4S3. The molecule has 4 heterocycles. The van der Waals surface area contributed by atoms with Crippen LogP contribution in [0, 0.1) is 5.92 Å². The molecule has 0 atom stereocenters. The lowest BCUT2D eigenvalue weighted by molar-refractivity contribution is -0.120. The van der Waals surface area contributed by atoms with Gasteiger partial charge >= 0.3 is 0 Å². The number of anilines is 1. The Balaban J connectivity index is 1.37. The van der Waals surface area contributed by atoms with E-state index in [0.29, 0.717) is 23.5 Å². The third-order valence-electron chi connectivity index (χ3n) is 5.55. The molecule has 8 nitrogen and oxygen atoms in total. The zero-order valence-electron chi connectivity index (χ0n) is 16.5. The average molecular weight is 469 g/mol. The molecule has 2 aromatic rings. The van der Waals surface area contributed by atoms with Gasteiger partial charge in [0.1, 0.15) is 4.21 Å². The second-order valence-electron chi connectivity index (χ2n) is 7.51. The van der Waals surface area contributed by atoms with Gasteiger partial charge in [-0.15, -0.1) is 22.7 Å². The van der Waals surface area contributed by atoms with Crippen LogP contribution in [0.25, 0.3) is 0 Å². The van der Waals surface area contributed by atoms with Crippen molar-refractivity contribution in [3.8, 4) is 0 Å². The van der Waals surface area contributed by atoms with Crippen molar-refractivity contribution in [1.82, 2.24) is 14.2 Å². The Morgan fingerprint density at radius 3 is 2.47 bits per heavy atom. The van der Waals surface area contributed by atoms with Gasteiger partial charge in [-0.3, -0.25) is 9.59 Å². The topological polar surface area (TPSA) is 99.7 Å². The summed E-state index contributed by atoms with van der Waals surface area (Å²) < 4.78 is 27.7. The van der Waals surface area contributed by atoms with E-state index in [2.05, 4.69) is 10.3 Å². The van der Waals surface area contributed by atoms with Gasteiger partial charge in [0.25, 0.3) is 15.9 Å². The Morgan fingerprint density at radius 2 is 1.80 bits per heavy atom. The lowest BCUT2D eigenvalue weighted by atomic mass is 9.97. The number of thiophene rings is 1. The fourth-order valence-corrected chi connectivity index (χ4v) is 7.13. The van der Waals surface area contributed by atoms with Crippen LogP contribution in [0.15, 0.2) is 27.2 Å². The molecule has 30 heavy (non-hydrogen) atoms. The van der Waals surface area contributed by atoms with Gasteiger partial charge in [0, 0.05) is 49.1 Å². The number of piperidine rings is 2. The summed E-state index contributed by atoms with van der Waals surface area (Å²) in [5.74, 6) is -0.447. The van der Waals surface area contributed by atoms with E-state index < -0.39 is 10.0 Å². The first-order chi connectivity index (χ1) is 14.4. The predicted octanol–water partition coefficient (Wildman–Crippen LogP) is 2.87. The van der Waals surface area contributed by atoms with Crippen LogP contribution >= 0.6 is 22.7 Å². The maximum absolute atomic E-state index is 13.0. The number of amides is 2. The summed E-state index contributed by atoms with van der Waals surface area (Å²) in [4.78, 5) is 30.9. The van der Waals surface area contributed by atoms with Crippen LogP contribution in [-0.4, -0.2) is 60.6 Å².